The maximum absolute atomic E-state index is 12.0. The number of carbonyl (C=O) groups is 2. The van der Waals surface area contributed by atoms with Crippen molar-refractivity contribution in [2.45, 2.75) is 33.6 Å². The molecule has 0 saturated carbocycles. The Labute approximate surface area is 126 Å². The number of piperidine rings is 1. The van der Waals surface area contributed by atoms with Crippen molar-refractivity contribution in [3.8, 4) is 0 Å². The van der Waals surface area contributed by atoms with E-state index in [2.05, 4.69) is 6.92 Å². The molecule has 0 radical (unpaired) electrons. The first-order chi connectivity index (χ1) is 9.97. The van der Waals surface area contributed by atoms with Gasteiger partial charge in [-0.2, -0.15) is 0 Å². The predicted octanol–water partition coefficient (Wildman–Crippen LogP) is 2.72. The molecule has 4 nitrogen and oxygen atoms in total. The molecule has 0 atom stereocenters. The van der Waals surface area contributed by atoms with Crippen molar-refractivity contribution in [2.75, 3.05) is 19.7 Å². The fourth-order valence-corrected chi connectivity index (χ4v) is 2.43. The number of hydrogen-bond donors (Lipinski definition) is 0. The summed E-state index contributed by atoms with van der Waals surface area (Å²) < 4.78 is 5.13. The first-order valence-electron chi connectivity index (χ1n) is 7.49. The number of ether oxygens (including phenoxy) is 1. The highest BCUT2D eigenvalue weighted by Gasteiger charge is 2.21. The zero-order chi connectivity index (χ0) is 15.4. The third-order valence-corrected chi connectivity index (χ3v) is 4.21. The van der Waals surface area contributed by atoms with Crippen LogP contribution in [-0.4, -0.2) is 36.5 Å². The van der Waals surface area contributed by atoms with Gasteiger partial charge in [0.05, 0.1) is 5.56 Å². The number of nitrogens with zero attached hydrogens (tertiary/aromatic N) is 1. The van der Waals surface area contributed by atoms with E-state index in [-0.39, 0.29) is 12.5 Å². The summed E-state index contributed by atoms with van der Waals surface area (Å²) in [7, 11) is 0. The van der Waals surface area contributed by atoms with Crippen LogP contribution in [0.25, 0.3) is 0 Å². The molecule has 0 unspecified atom stereocenters. The molecule has 0 N–H and O–H groups in total. The van der Waals surface area contributed by atoms with Gasteiger partial charge in [0.2, 0.25) is 0 Å². The molecule has 0 aliphatic carbocycles. The van der Waals surface area contributed by atoms with E-state index in [0.29, 0.717) is 11.5 Å². The zero-order valence-corrected chi connectivity index (χ0v) is 13.0. The number of aryl methyl sites for hydroxylation is 2. The van der Waals surface area contributed by atoms with Gasteiger partial charge in [-0.25, -0.2) is 4.79 Å². The number of benzene rings is 1. The standard InChI is InChI=1S/C17H23NO3/c1-12-6-8-18(9-7-12)16(19)11-21-17(20)15-5-4-13(2)14(3)10-15/h4-5,10,12H,6-9,11H2,1-3H3. The molecule has 21 heavy (non-hydrogen) atoms. The average Bonchev–Trinajstić information content (AvgIpc) is 2.48. The molecule has 1 aliphatic heterocycles. The lowest BCUT2D eigenvalue weighted by Gasteiger charge is -2.30. The lowest BCUT2D eigenvalue weighted by molar-refractivity contribution is -0.135. The van der Waals surface area contributed by atoms with Crippen LogP contribution in [0.3, 0.4) is 0 Å². The van der Waals surface area contributed by atoms with Crippen molar-refractivity contribution in [1.82, 2.24) is 4.90 Å². The van der Waals surface area contributed by atoms with E-state index in [4.69, 9.17) is 4.74 Å². The van der Waals surface area contributed by atoms with E-state index < -0.39 is 5.97 Å². The molecule has 1 aromatic carbocycles. The maximum Gasteiger partial charge on any atom is 0.338 e. The minimum Gasteiger partial charge on any atom is -0.452 e. The summed E-state index contributed by atoms with van der Waals surface area (Å²) in [5.41, 5.74) is 2.67. The van der Waals surface area contributed by atoms with Gasteiger partial charge in [0, 0.05) is 13.1 Å². The molecule has 0 bridgehead atoms. The Morgan fingerprint density at radius 2 is 1.86 bits per heavy atom. The van der Waals surface area contributed by atoms with Gasteiger partial charge in [0.25, 0.3) is 5.91 Å². The summed E-state index contributed by atoms with van der Waals surface area (Å²) in [5, 5.41) is 0. The van der Waals surface area contributed by atoms with E-state index in [9.17, 15) is 9.59 Å². The Morgan fingerprint density at radius 3 is 2.48 bits per heavy atom. The topological polar surface area (TPSA) is 46.6 Å². The second-order valence-corrected chi connectivity index (χ2v) is 5.94. The molecule has 114 valence electrons. The summed E-state index contributed by atoms with van der Waals surface area (Å²) in [6.07, 6.45) is 2.05. The van der Waals surface area contributed by atoms with Crippen LogP contribution in [0.15, 0.2) is 18.2 Å². The second kappa shape index (κ2) is 6.74. The molecule has 0 spiro atoms. The number of rotatable bonds is 3. The zero-order valence-electron chi connectivity index (χ0n) is 13.0. The quantitative estimate of drug-likeness (QED) is 0.804. The molecule has 2 rings (SSSR count). The van der Waals surface area contributed by atoms with Gasteiger partial charge in [-0.15, -0.1) is 0 Å². The van der Waals surface area contributed by atoms with Crippen molar-refractivity contribution in [3.05, 3.63) is 34.9 Å². The largest absolute Gasteiger partial charge is 0.452 e. The van der Waals surface area contributed by atoms with Gasteiger partial charge in [-0.05, 0) is 55.9 Å². The van der Waals surface area contributed by atoms with Gasteiger partial charge in [0.15, 0.2) is 6.61 Å². The Bertz CT molecular complexity index is 531. The number of esters is 1. The predicted molar refractivity (Wildman–Crippen MR) is 81.2 cm³/mol. The third kappa shape index (κ3) is 4.06. The van der Waals surface area contributed by atoms with E-state index in [1.165, 1.54) is 0 Å². The minimum absolute atomic E-state index is 0.0981. The number of amides is 1. The molecule has 0 aromatic heterocycles. The molecule has 1 saturated heterocycles. The second-order valence-electron chi connectivity index (χ2n) is 5.94. The molecular formula is C17H23NO3. The van der Waals surface area contributed by atoms with E-state index in [1.54, 1.807) is 17.0 Å². The summed E-state index contributed by atoms with van der Waals surface area (Å²) in [5.74, 6) is 0.142. The number of hydrogen-bond acceptors (Lipinski definition) is 3. The lowest BCUT2D eigenvalue weighted by Crippen LogP contribution is -2.40. The summed E-state index contributed by atoms with van der Waals surface area (Å²) in [6.45, 7) is 7.50. The molecule has 4 heteroatoms. The maximum atomic E-state index is 12.0. The van der Waals surface area contributed by atoms with Crippen molar-refractivity contribution >= 4 is 11.9 Å². The Morgan fingerprint density at radius 1 is 1.19 bits per heavy atom. The first-order valence-corrected chi connectivity index (χ1v) is 7.49. The van der Waals surface area contributed by atoms with Gasteiger partial charge < -0.3 is 9.64 Å². The van der Waals surface area contributed by atoms with Crippen LogP contribution in [-0.2, 0) is 9.53 Å². The van der Waals surface area contributed by atoms with E-state index in [1.807, 2.05) is 19.9 Å². The van der Waals surface area contributed by atoms with Crippen LogP contribution in [0.4, 0.5) is 0 Å². The van der Waals surface area contributed by atoms with Crippen LogP contribution < -0.4 is 0 Å². The molecule has 1 heterocycles. The Hall–Kier alpha value is -1.84. The van der Waals surface area contributed by atoms with Gasteiger partial charge in [-0.1, -0.05) is 13.0 Å². The minimum atomic E-state index is -0.433. The summed E-state index contributed by atoms with van der Waals surface area (Å²) >= 11 is 0. The van der Waals surface area contributed by atoms with Crippen molar-refractivity contribution < 1.29 is 14.3 Å². The number of likely N-dealkylation sites (tertiary alicyclic amines) is 1. The molecular weight excluding hydrogens is 266 g/mol. The molecule has 1 aliphatic rings. The molecule has 1 aromatic rings. The van der Waals surface area contributed by atoms with Gasteiger partial charge in [0.1, 0.15) is 0 Å². The fourth-order valence-electron chi connectivity index (χ4n) is 2.43. The van der Waals surface area contributed by atoms with E-state index >= 15 is 0 Å². The third-order valence-electron chi connectivity index (χ3n) is 4.21. The van der Waals surface area contributed by atoms with Crippen molar-refractivity contribution in [1.29, 1.82) is 0 Å². The highest BCUT2D eigenvalue weighted by atomic mass is 16.5. The smallest absolute Gasteiger partial charge is 0.338 e. The van der Waals surface area contributed by atoms with Crippen molar-refractivity contribution in [3.63, 3.8) is 0 Å². The van der Waals surface area contributed by atoms with Crippen LogP contribution in [0.1, 0.15) is 41.3 Å². The van der Waals surface area contributed by atoms with Gasteiger partial charge in [-0.3, -0.25) is 4.79 Å². The first kappa shape index (κ1) is 15.5. The average molecular weight is 289 g/mol. The monoisotopic (exact) mass is 289 g/mol. The van der Waals surface area contributed by atoms with E-state index in [0.717, 1.165) is 37.1 Å². The van der Waals surface area contributed by atoms with Crippen LogP contribution >= 0.6 is 0 Å². The fraction of sp³-hybridized carbons (Fsp3) is 0.529. The lowest BCUT2D eigenvalue weighted by atomic mass is 9.99. The summed E-state index contributed by atoms with van der Waals surface area (Å²) in [4.78, 5) is 25.8. The normalized spacial score (nSPS) is 15.9. The SMILES string of the molecule is Cc1ccc(C(=O)OCC(=O)N2CCC(C)CC2)cc1C. The van der Waals surface area contributed by atoms with Gasteiger partial charge >= 0.3 is 5.97 Å². The summed E-state index contributed by atoms with van der Waals surface area (Å²) in [6, 6.07) is 5.42. The molecule has 1 amide bonds. The molecule has 1 fully saturated rings. The highest BCUT2D eigenvalue weighted by molar-refractivity contribution is 5.91. The Kier molecular flexibility index (Phi) is 4.99. The van der Waals surface area contributed by atoms with Crippen molar-refractivity contribution in [2.24, 2.45) is 5.92 Å². The van der Waals surface area contributed by atoms with Crippen LogP contribution in [0.2, 0.25) is 0 Å². The Balaban J connectivity index is 1.86. The van der Waals surface area contributed by atoms with Crippen LogP contribution in [0, 0.1) is 19.8 Å². The number of carbonyl (C=O) groups excluding carboxylic acids is 2. The highest BCUT2D eigenvalue weighted by Crippen LogP contribution is 2.16. The van der Waals surface area contributed by atoms with Crippen LogP contribution in [0.5, 0.6) is 0 Å².